The highest BCUT2D eigenvalue weighted by atomic mass is 16.4. The highest BCUT2D eigenvalue weighted by Crippen LogP contribution is 2.05. The summed E-state index contributed by atoms with van der Waals surface area (Å²) in [5.41, 5.74) is 13.2. The first-order chi connectivity index (χ1) is 9.51. The maximum atomic E-state index is 9.90. The molecule has 0 aliphatic carbocycles. The van der Waals surface area contributed by atoms with Gasteiger partial charge in [0.1, 0.15) is 0 Å². The van der Waals surface area contributed by atoms with Crippen LogP contribution in [0.4, 0.5) is 0 Å². The smallest absolute Gasteiger partial charge is 0.303 e. The normalized spacial score (nSPS) is 9.50. The predicted molar refractivity (Wildman–Crippen MR) is 76.0 cm³/mol. The molecule has 0 atom stereocenters. The van der Waals surface area contributed by atoms with Gasteiger partial charge in [0.15, 0.2) is 0 Å². The zero-order valence-electron chi connectivity index (χ0n) is 11.4. The van der Waals surface area contributed by atoms with Crippen LogP contribution in [0, 0.1) is 0 Å². The molecule has 0 heterocycles. The molecule has 112 valence electrons. The Bertz CT molecular complexity index is 382. The van der Waals surface area contributed by atoms with Crippen LogP contribution in [-0.4, -0.2) is 22.2 Å². The molecule has 1 aromatic carbocycles. The third-order valence-corrected chi connectivity index (χ3v) is 2.59. The lowest BCUT2D eigenvalue weighted by Gasteiger charge is -2.02. The SMILES string of the molecule is NCc1ccccc1CN.O=C(O)CCCCC(=O)O. The van der Waals surface area contributed by atoms with Gasteiger partial charge in [-0.15, -0.1) is 0 Å². The summed E-state index contributed by atoms with van der Waals surface area (Å²) in [4.78, 5) is 19.8. The number of carboxylic acid groups (broad SMARTS) is 2. The van der Waals surface area contributed by atoms with Gasteiger partial charge in [-0.25, -0.2) is 0 Å². The summed E-state index contributed by atoms with van der Waals surface area (Å²) in [5, 5.41) is 16.3. The van der Waals surface area contributed by atoms with Gasteiger partial charge in [-0.2, -0.15) is 0 Å². The van der Waals surface area contributed by atoms with Gasteiger partial charge in [0.25, 0.3) is 0 Å². The van der Waals surface area contributed by atoms with Crippen molar-refractivity contribution in [3.63, 3.8) is 0 Å². The van der Waals surface area contributed by atoms with Crippen LogP contribution in [0.5, 0.6) is 0 Å². The summed E-state index contributed by atoms with van der Waals surface area (Å²) in [6.07, 6.45) is 1.02. The average molecular weight is 282 g/mol. The maximum Gasteiger partial charge on any atom is 0.303 e. The van der Waals surface area contributed by atoms with Crippen molar-refractivity contribution < 1.29 is 19.8 Å². The van der Waals surface area contributed by atoms with Gasteiger partial charge in [-0.05, 0) is 24.0 Å². The number of aliphatic carboxylic acids is 2. The Morgan fingerprint density at radius 2 is 1.20 bits per heavy atom. The molecule has 0 radical (unpaired) electrons. The monoisotopic (exact) mass is 282 g/mol. The number of benzene rings is 1. The molecule has 6 heteroatoms. The first kappa shape index (κ1) is 18.1. The van der Waals surface area contributed by atoms with Crippen molar-refractivity contribution in [2.24, 2.45) is 11.5 Å². The third kappa shape index (κ3) is 9.07. The van der Waals surface area contributed by atoms with Crippen molar-refractivity contribution in [1.82, 2.24) is 0 Å². The zero-order chi connectivity index (χ0) is 15.4. The molecule has 0 amide bonds. The fourth-order valence-electron chi connectivity index (χ4n) is 1.51. The highest BCUT2D eigenvalue weighted by Gasteiger charge is 1.99. The Labute approximate surface area is 118 Å². The lowest BCUT2D eigenvalue weighted by atomic mass is 10.1. The van der Waals surface area contributed by atoms with Crippen LogP contribution in [0.1, 0.15) is 36.8 Å². The van der Waals surface area contributed by atoms with Crippen LogP contribution in [0.2, 0.25) is 0 Å². The first-order valence-electron chi connectivity index (χ1n) is 6.41. The number of hydrogen-bond donors (Lipinski definition) is 4. The van der Waals surface area contributed by atoms with E-state index in [-0.39, 0.29) is 12.8 Å². The molecule has 0 fully saturated rings. The predicted octanol–water partition coefficient (Wildman–Crippen LogP) is 1.32. The summed E-state index contributed by atoms with van der Waals surface area (Å²) in [5.74, 6) is -1.74. The van der Waals surface area contributed by atoms with E-state index in [1.165, 1.54) is 0 Å². The summed E-state index contributed by atoms with van der Waals surface area (Å²) in [7, 11) is 0. The van der Waals surface area contributed by atoms with E-state index in [1.54, 1.807) is 0 Å². The number of hydrogen-bond acceptors (Lipinski definition) is 4. The second kappa shape index (κ2) is 11.0. The number of rotatable bonds is 7. The summed E-state index contributed by atoms with van der Waals surface area (Å²) in [6, 6.07) is 7.95. The van der Waals surface area contributed by atoms with Gasteiger partial charge in [-0.1, -0.05) is 24.3 Å². The first-order valence-corrected chi connectivity index (χ1v) is 6.41. The highest BCUT2D eigenvalue weighted by molar-refractivity contribution is 5.67. The van der Waals surface area contributed by atoms with Crippen molar-refractivity contribution >= 4 is 11.9 Å². The van der Waals surface area contributed by atoms with E-state index in [4.69, 9.17) is 21.7 Å². The molecule has 6 nitrogen and oxygen atoms in total. The van der Waals surface area contributed by atoms with Crippen LogP contribution in [0.15, 0.2) is 24.3 Å². The second-order valence-corrected chi connectivity index (χ2v) is 4.17. The van der Waals surface area contributed by atoms with Gasteiger partial charge in [0, 0.05) is 25.9 Å². The molecule has 20 heavy (non-hydrogen) atoms. The Balaban J connectivity index is 0.000000361. The van der Waals surface area contributed by atoms with Crippen molar-refractivity contribution in [3.8, 4) is 0 Å². The van der Waals surface area contributed by atoms with Crippen LogP contribution in [0.3, 0.4) is 0 Å². The minimum Gasteiger partial charge on any atom is -0.481 e. The van der Waals surface area contributed by atoms with Gasteiger partial charge in [-0.3, -0.25) is 9.59 Å². The topological polar surface area (TPSA) is 127 Å². The summed E-state index contributed by atoms with van der Waals surface area (Å²) < 4.78 is 0. The third-order valence-electron chi connectivity index (χ3n) is 2.59. The van der Waals surface area contributed by atoms with Crippen molar-refractivity contribution in [2.45, 2.75) is 38.8 Å². The molecule has 0 aliphatic rings. The minimum absolute atomic E-state index is 0.0628. The van der Waals surface area contributed by atoms with E-state index in [9.17, 15) is 9.59 Å². The Kier molecular flexibility index (Phi) is 9.90. The molecule has 0 unspecified atom stereocenters. The van der Waals surface area contributed by atoms with Crippen LogP contribution in [0.25, 0.3) is 0 Å². The molecule has 0 spiro atoms. The Hall–Kier alpha value is -1.92. The standard InChI is InChI=1S/C8H12N2.C6H10O4/c9-5-7-3-1-2-4-8(7)6-10;7-5(8)3-1-2-4-6(9)10/h1-4H,5-6,9-10H2;1-4H2,(H,7,8)(H,9,10). The van der Waals surface area contributed by atoms with E-state index in [0.29, 0.717) is 25.9 Å². The summed E-state index contributed by atoms with van der Waals surface area (Å²) in [6.45, 7) is 1.15. The van der Waals surface area contributed by atoms with E-state index in [2.05, 4.69) is 0 Å². The van der Waals surface area contributed by atoms with Crippen molar-refractivity contribution in [3.05, 3.63) is 35.4 Å². The van der Waals surface area contributed by atoms with Crippen LogP contribution >= 0.6 is 0 Å². The summed E-state index contributed by atoms with van der Waals surface area (Å²) >= 11 is 0. The van der Waals surface area contributed by atoms with E-state index in [1.807, 2.05) is 24.3 Å². The fourth-order valence-corrected chi connectivity index (χ4v) is 1.51. The van der Waals surface area contributed by atoms with Gasteiger partial charge in [0.05, 0.1) is 0 Å². The number of nitrogens with two attached hydrogens (primary N) is 2. The number of unbranched alkanes of at least 4 members (excludes halogenated alkanes) is 1. The molecular weight excluding hydrogens is 260 g/mol. The average Bonchev–Trinajstić information content (AvgIpc) is 2.43. The van der Waals surface area contributed by atoms with Gasteiger partial charge >= 0.3 is 11.9 Å². The minimum atomic E-state index is -0.870. The molecule has 0 aromatic heterocycles. The van der Waals surface area contributed by atoms with Gasteiger partial charge in [0.2, 0.25) is 0 Å². The van der Waals surface area contributed by atoms with Crippen molar-refractivity contribution in [1.29, 1.82) is 0 Å². The fraction of sp³-hybridized carbons (Fsp3) is 0.429. The quantitative estimate of drug-likeness (QED) is 0.559. The zero-order valence-corrected chi connectivity index (χ0v) is 11.4. The maximum absolute atomic E-state index is 9.90. The lowest BCUT2D eigenvalue weighted by Crippen LogP contribution is -2.05. The molecule has 1 aromatic rings. The van der Waals surface area contributed by atoms with E-state index < -0.39 is 11.9 Å². The van der Waals surface area contributed by atoms with Crippen molar-refractivity contribution in [2.75, 3.05) is 0 Å². The molecule has 0 saturated carbocycles. The largest absolute Gasteiger partial charge is 0.481 e. The molecule has 0 aliphatic heterocycles. The van der Waals surface area contributed by atoms with E-state index in [0.717, 1.165) is 11.1 Å². The molecular formula is C14H22N2O4. The molecule has 0 bridgehead atoms. The molecule has 6 N–H and O–H groups in total. The lowest BCUT2D eigenvalue weighted by molar-refractivity contribution is -0.139. The van der Waals surface area contributed by atoms with Gasteiger partial charge < -0.3 is 21.7 Å². The number of carbonyl (C=O) groups is 2. The number of carboxylic acids is 2. The Morgan fingerprint density at radius 3 is 1.45 bits per heavy atom. The van der Waals surface area contributed by atoms with E-state index >= 15 is 0 Å². The van der Waals surface area contributed by atoms with Crippen LogP contribution in [-0.2, 0) is 22.7 Å². The molecule has 0 saturated heterocycles. The Morgan fingerprint density at radius 1 is 0.850 bits per heavy atom. The second-order valence-electron chi connectivity index (χ2n) is 4.17. The van der Waals surface area contributed by atoms with Crippen LogP contribution < -0.4 is 11.5 Å². The molecule has 1 rings (SSSR count).